The van der Waals surface area contributed by atoms with Gasteiger partial charge in [-0.05, 0) is 62.4 Å². The Bertz CT molecular complexity index is 388. The number of hydrogen-bond donors (Lipinski definition) is 1. The maximum absolute atomic E-state index is 3.18. The molecule has 1 heteroatoms. The van der Waals surface area contributed by atoms with Gasteiger partial charge in [0.15, 0.2) is 0 Å². The van der Waals surface area contributed by atoms with Crippen molar-refractivity contribution >= 4 is 5.57 Å². The largest absolute Gasteiger partial charge is 0.319 e. The first kappa shape index (κ1) is 12.4. The molecule has 1 nitrogen and oxygen atoms in total. The Hall–Kier alpha value is -1.08. The Morgan fingerprint density at radius 2 is 2.24 bits per heavy atom. The quantitative estimate of drug-likeness (QED) is 0.753. The zero-order valence-corrected chi connectivity index (χ0v) is 11.0. The van der Waals surface area contributed by atoms with Gasteiger partial charge in [0.1, 0.15) is 0 Å². The lowest BCUT2D eigenvalue weighted by atomic mass is 9.79. The molecule has 0 amide bonds. The minimum absolute atomic E-state index is 0.833. The molecule has 0 saturated heterocycles. The summed E-state index contributed by atoms with van der Waals surface area (Å²) in [6.07, 6.45) is 7.61. The van der Waals surface area contributed by atoms with Gasteiger partial charge in [-0.15, -0.1) is 0 Å². The highest BCUT2D eigenvalue weighted by molar-refractivity contribution is 5.64. The molecule has 0 aromatic heterocycles. The Kier molecular flexibility index (Phi) is 4.38. The molecule has 1 aliphatic carbocycles. The van der Waals surface area contributed by atoms with Gasteiger partial charge in [0.05, 0.1) is 0 Å². The van der Waals surface area contributed by atoms with Crippen LogP contribution < -0.4 is 5.32 Å². The summed E-state index contributed by atoms with van der Waals surface area (Å²) < 4.78 is 0. The number of allylic oxidation sites excluding steroid dienone is 1. The van der Waals surface area contributed by atoms with Crippen LogP contribution in [-0.4, -0.2) is 13.6 Å². The molecular formula is C16H23N. The van der Waals surface area contributed by atoms with E-state index < -0.39 is 0 Å². The van der Waals surface area contributed by atoms with Crippen molar-refractivity contribution in [2.45, 2.75) is 38.5 Å². The molecule has 0 bridgehead atoms. The van der Waals surface area contributed by atoms with E-state index in [2.05, 4.69) is 42.6 Å². The highest BCUT2D eigenvalue weighted by Gasteiger charge is 2.19. The van der Waals surface area contributed by atoms with Gasteiger partial charge in [-0.1, -0.05) is 36.8 Å². The molecule has 1 fully saturated rings. The van der Waals surface area contributed by atoms with E-state index in [4.69, 9.17) is 0 Å². The molecular weight excluding hydrogens is 206 g/mol. The molecule has 0 heterocycles. The SMILES string of the molecule is CNCC/C=C(/C)c1cccc(C2CCC2)c1. The monoisotopic (exact) mass is 229 g/mol. The standard InChI is InChI=1S/C16H23N/c1-13(6-5-11-17-2)15-9-4-10-16(12-15)14-7-3-8-14/h4,6,9-10,12,14,17H,3,5,7-8,11H2,1-2H3/b13-6-. The zero-order chi connectivity index (χ0) is 12.1. The van der Waals surface area contributed by atoms with Crippen molar-refractivity contribution in [1.82, 2.24) is 5.32 Å². The maximum atomic E-state index is 3.18. The lowest BCUT2D eigenvalue weighted by molar-refractivity contribution is 0.419. The summed E-state index contributed by atoms with van der Waals surface area (Å²) in [7, 11) is 2.00. The highest BCUT2D eigenvalue weighted by Crippen LogP contribution is 2.37. The van der Waals surface area contributed by atoms with E-state index >= 15 is 0 Å². The molecule has 92 valence electrons. The summed E-state index contributed by atoms with van der Waals surface area (Å²) in [5.41, 5.74) is 4.34. The van der Waals surface area contributed by atoms with Crippen molar-refractivity contribution in [3.8, 4) is 0 Å². The third-order valence-electron chi connectivity index (χ3n) is 3.76. The van der Waals surface area contributed by atoms with Gasteiger partial charge in [-0.25, -0.2) is 0 Å². The molecule has 1 aromatic carbocycles. The van der Waals surface area contributed by atoms with Crippen LogP contribution in [0.15, 0.2) is 30.3 Å². The predicted octanol–water partition coefficient (Wildman–Crippen LogP) is 3.97. The second-order valence-corrected chi connectivity index (χ2v) is 5.03. The van der Waals surface area contributed by atoms with Crippen LogP contribution in [0, 0.1) is 0 Å². The summed E-state index contributed by atoms with van der Waals surface area (Å²) in [5, 5.41) is 3.18. The smallest absolute Gasteiger partial charge is 0.00171 e. The van der Waals surface area contributed by atoms with Gasteiger partial charge >= 0.3 is 0 Å². The molecule has 1 saturated carbocycles. The topological polar surface area (TPSA) is 12.0 Å². The van der Waals surface area contributed by atoms with Crippen LogP contribution in [0.1, 0.15) is 49.7 Å². The minimum Gasteiger partial charge on any atom is -0.319 e. The van der Waals surface area contributed by atoms with E-state index in [0.29, 0.717) is 0 Å². The van der Waals surface area contributed by atoms with Crippen molar-refractivity contribution in [1.29, 1.82) is 0 Å². The van der Waals surface area contributed by atoms with Crippen LogP contribution >= 0.6 is 0 Å². The zero-order valence-electron chi connectivity index (χ0n) is 11.0. The molecule has 17 heavy (non-hydrogen) atoms. The molecule has 0 unspecified atom stereocenters. The fraction of sp³-hybridized carbons (Fsp3) is 0.500. The highest BCUT2D eigenvalue weighted by atomic mass is 14.8. The lowest BCUT2D eigenvalue weighted by Gasteiger charge is -2.26. The molecule has 1 aliphatic rings. The van der Waals surface area contributed by atoms with Gasteiger partial charge in [0.25, 0.3) is 0 Å². The Balaban J connectivity index is 2.06. The molecule has 1 N–H and O–H groups in total. The van der Waals surface area contributed by atoms with E-state index in [1.54, 1.807) is 0 Å². The number of rotatable bonds is 5. The van der Waals surface area contributed by atoms with Gasteiger partial charge in [0, 0.05) is 0 Å². The number of benzene rings is 1. The summed E-state index contributed by atoms with van der Waals surface area (Å²) in [6, 6.07) is 9.11. The maximum Gasteiger partial charge on any atom is -0.00171 e. The predicted molar refractivity (Wildman–Crippen MR) is 75.2 cm³/mol. The Morgan fingerprint density at radius 1 is 1.41 bits per heavy atom. The average molecular weight is 229 g/mol. The van der Waals surface area contributed by atoms with Crippen molar-refractivity contribution in [3.05, 3.63) is 41.5 Å². The van der Waals surface area contributed by atoms with Gasteiger partial charge in [-0.3, -0.25) is 0 Å². The van der Waals surface area contributed by atoms with E-state index in [1.807, 2.05) is 7.05 Å². The van der Waals surface area contributed by atoms with Crippen LogP contribution in [0.5, 0.6) is 0 Å². The number of nitrogens with one attached hydrogen (secondary N) is 1. The van der Waals surface area contributed by atoms with Crippen molar-refractivity contribution in [2.75, 3.05) is 13.6 Å². The van der Waals surface area contributed by atoms with Crippen molar-refractivity contribution < 1.29 is 0 Å². The Morgan fingerprint density at radius 3 is 2.88 bits per heavy atom. The van der Waals surface area contributed by atoms with E-state index in [-0.39, 0.29) is 0 Å². The van der Waals surface area contributed by atoms with Crippen molar-refractivity contribution in [3.63, 3.8) is 0 Å². The van der Waals surface area contributed by atoms with Crippen LogP contribution in [-0.2, 0) is 0 Å². The van der Waals surface area contributed by atoms with Gasteiger partial charge in [-0.2, -0.15) is 0 Å². The van der Waals surface area contributed by atoms with Crippen LogP contribution in [0.2, 0.25) is 0 Å². The summed E-state index contributed by atoms with van der Waals surface area (Å²) in [4.78, 5) is 0. The van der Waals surface area contributed by atoms with E-state index in [9.17, 15) is 0 Å². The first-order valence-electron chi connectivity index (χ1n) is 6.73. The second kappa shape index (κ2) is 6.02. The fourth-order valence-electron chi connectivity index (χ4n) is 2.33. The molecule has 0 spiro atoms. The fourth-order valence-corrected chi connectivity index (χ4v) is 2.33. The lowest BCUT2D eigenvalue weighted by Crippen LogP contribution is -2.08. The second-order valence-electron chi connectivity index (χ2n) is 5.03. The summed E-state index contributed by atoms with van der Waals surface area (Å²) >= 11 is 0. The summed E-state index contributed by atoms with van der Waals surface area (Å²) in [5.74, 6) is 0.833. The molecule has 0 radical (unpaired) electrons. The minimum atomic E-state index is 0.833. The molecule has 0 atom stereocenters. The van der Waals surface area contributed by atoms with Crippen LogP contribution in [0.4, 0.5) is 0 Å². The first-order chi connectivity index (χ1) is 8.31. The average Bonchev–Trinajstić information content (AvgIpc) is 2.27. The van der Waals surface area contributed by atoms with E-state index in [1.165, 1.54) is 36.0 Å². The van der Waals surface area contributed by atoms with Gasteiger partial charge in [0.2, 0.25) is 0 Å². The Labute approximate surface area is 105 Å². The van der Waals surface area contributed by atoms with Crippen molar-refractivity contribution in [2.24, 2.45) is 0 Å². The summed E-state index contributed by atoms with van der Waals surface area (Å²) in [6.45, 7) is 3.27. The normalized spacial score (nSPS) is 16.9. The third kappa shape index (κ3) is 3.19. The molecule has 0 aliphatic heterocycles. The third-order valence-corrected chi connectivity index (χ3v) is 3.76. The van der Waals surface area contributed by atoms with E-state index in [0.717, 1.165) is 18.9 Å². The van der Waals surface area contributed by atoms with Crippen LogP contribution in [0.25, 0.3) is 5.57 Å². The van der Waals surface area contributed by atoms with Crippen LogP contribution in [0.3, 0.4) is 0 Å². The number of hydrogen-bond acceptors (Lipinski definition) is 1. The first-order valence-corrected chi connectivity index (χ1v) is 6.73. The molecule has 2 rings (SSSR count). The van der Waals surface area contributed by atoms with Gasteiger partial charge < -0.3 is 5.32 Å². The molecule has 1 aromatic rings.